The van der Waals surface area contributed by atoms with E-state index in [1.165, 1.54) is 0 Å². The fourth-order valence-corrected chi connectivity index (χ4v) is 3.17. The molecule has 0 bridgehead atoms. The Morgan fingerprint density at radius 1 is 1.32 bits per heavy atom. The predicted octanol–water partition coefficient (Wildman–Crippen LogP) is 2.13. The summed E-state index contributed by atoms with van der Waals surface area (Å²) in [5.41, 5.74) is 1.44. The van der Waals surface area contributed by atoms with Gasteiger partial charge in [-0.1, -0.05) is 11.6 Å². The molecule has 1 fully saturated rings. The van der Waals surface area contributed by atoms with Gasteiger partial charge in [0, 0.05) is 25.9 Å². The Kier molecular flexibility index (Phi) is 4.14. The Labute approximate surface area is 149 Å². The van der Waals surface area contributed by atoms with E-state index in [0.717, 1.165) is 17.9 Å². The summed E-state index contributed by atoms with van der Waals surface area (Å²) in [6.07, 6.45) is 1.71. The molecule has 9 heteroatoms. The number of fused-ring (bicyclic) bond motifs is 1. The van der Waals surface area contributed by atoms with Crippen molar-refractivity contribution in [3.63, 3.8) is 0 Å². The second-order valence-electron chi connectivity index (χ2n) is 5.83. The van der Waals surface area contributed by atoms with Crippen LogP contribution in [0.25, 0.3) is 17.1 Å². The first-order valence-corrected chi connectivity index (χ1v) is 8.45. The molecule has 0 unspecified atom stereocenters. The van der Waals surface area contributed by atoms with Gasteiger partial charge in [-0.2, -0.15) is 9.97 Å². The van der Waals surface area contributed by atoms with Crippen LogP contribution >= 0.6 is 11.6 Å². The molecule has 0 radical (unpaired) electrons. The molecule has 4 rings (SSSR count). The minimum atomic E-state index is 0.220. The summed E-state index contributed by atoms with van der Waals surface area (Å²) in [5, 5.41) is 3.45. The number of anilines is 2. The second-order valence-corrected chi connectivity index (χ2v) is 6.22. The first-order chi connectivity index (χ1) is 12.2. The third-order valence-electron chi connectivity index (χ3n) is 4.19. The summed E-state index contributed by atoms with van der Waals surface area (Å²) in [7, 11) is 1.80. The van der Waals surface area contributed by atoms with Gasteiger partial charge in [-0.15, -0.1) is 0 Å². The Morgan fingerprint density at radius 3 is 3.00 bits per heavy atom. The number of nitrogens with one attached hydrogen (secondary N) is 1. The molecule has 1 aliphatic heterocycles. The van der Waals surface area contributed by atoms with Crippen molar-refractivity contribution in [3.05, 3.63) is 29.5 Å². The Morgan fingerprint density at radius 2 is 2.20 bits per heavy atom. The fraction of sp³-hybridized carbons (Fsp3) is 0.375. The highest BCUT2D eigenvalue weighted by Gasteiger charge is 2.23. The van der Waals surface area contributed by atoms with Gasteiger partial charge in [0.25, 0.3) is 0 Å². The number of ether oxygens (including phenoxy) is 1. The van der Waals surface area contributed by atoms with Crippen LogP contribution in [-0.4, -0.2) is 57.4 Å². The molecule has 130 valence electrons. The average molecular weight is 360 g/mol. The second kappa shape index (κ2) is 6.45. The maximum absolute atomic E-state index is 6.30. The van der Waals surface area contributed by atoms with Gasteiger partial charge in [-0.25, -0.2) is 14.5 Å². The zero-order valence-corrected chi connectivity index (χ0v) is 14.7. The normalized spacial score (nSPS) is 17.9. The highest BCUT2D eigenvalue weighted by molar-refractivity contribution is 6.29. The molecule has 1 atom stereocenters. The Bertz CT molecular complexity index is 913. The van der Waals surface area contributed by atoms with E-state index in [1.54, 1.807) is 19.3 Å². The summed E-state index contributed by atoms with van der Waals surface area (Å²) in [6.45, 7) is 4.20. The lowest BCUT2D eigenvalue weighted by atomic mass is 10.2. The number of halogens is 1. The topological polar surface area (TPSA) is 81.0 Å². The van der Waals surface area contributed by atoms with Gasteiger partial charge in [0.1, 0.15) is 11.0 Å². The molecule has 0 amide bonds. The number of hydrogen-bond donors (Lipinski definition) is 1. The molecule has 0 saturated carbocycles. The summed E-state index contributed by atoms with van der Waals surface area (Å²) in [6, 6.07) is 5.79. The molecule has 1 saturated heterocycles. The number of nitrogens with zero attached hydrogens (tertiary/aromatic N) is 6. The minimum absolute atomic E-state index is 0.220. The van der Waals surface area contributed by atoms with Gasteiger partial charge in [-0.05, 0) is 19.1 Å². The number of pyridine rings is 1. The summed E-state index contributed by atoms with van der Waals surface area (Å²) in [4.78, 5) is 20.1. The van der Waals surface area contributed by atoms with E-state index in [4.69, 9.17) is 21.3 Å². The van der Waals surface area contributed by atoms with Crippen LogP contribution in [0.3, 0.4) is 0 Å². The van der Waals surface area contributed by atoms with Gasteiger partial charge < -0.3 is 15.0 Å². The minimum Gasteiger partial charge on any atom is -0.377 e. The van der Waals surface area contributed by atoms with Crippen molar-refractivity contribution in [1.82, 2.24) is 24.5 Å². The molecule has 1 N–H and O–H groups in total. The maximum Gasteiger partial charge on any atom is 0.240 e. The monoisotopic (exact) mass is 359 g/mol. The molecule has 25 heavy (non-hydrogen) atoms. The highest BCUT2D eigenvalue weighted by atomic mass is 35.5. The van der Waals surface area contributed by atoms with E-state index < -0.39 is 0 Å². The summed E-state index contributed by atoms with van der Waals surface area (Å²) < 4.78 is 7.33. The molecule has 0 spiro atoms. The molecule has 3 aromatic rings. The van der Waals surface area contributed by atoms with Crippen LogP contribution in [0.5, 0.6) is 0 Å². The molecule has 4 heterocycles. The molecule has 1 aliphatic rings. The van der Waals surface area contributed by atoms with Gasteiger partial charge >= 0.3 is 0 Å². The molecule has 0 aliphatic carbocycles. The summed E-state index contributed by atoms with van der Waals surface area (Å²) in [5.74, 6) is 1.84. The number of imidazole rings is 1. The van der Waals surface area contributed by atoms with Crippen molar-refractivity contribution in [1.29, 1.82) is 0 Å². The Balaban J connectivity index is 1.86. The van der Waals surface area contributed by atoms with Crippen molar-refractivity contribution in [2.45, 2.75) is 13.0 Å². The smallest absolute Gasteiger partial charge is 0.240 e. The van der Waals surface area contributed by atoms with Crippen molar-refractivity contribution in [2.75, 3.05) is 37.0 Å². The summed E-state index contributed by atoms with van der Waals surface area (Å²) >= 11 is 6.30. The van der Waals surface area contributed by atoms with Gasteiger partial charge in [0.15, 0.2) is 5.65 Å². The standard InChI is InChI=1S/C16H18ClN7O/c1-10-9-25-7-6-23(10)13-8-12(17)20-16(21-13)24-11-4-3-5-19-14(11)22-15(24)18-2/h3-5,8,10H,6-7,9H2,1-2H3,(H,18,19,22)/t10-/m1/s1. The van der Waals surface area contributed by atoms with Crippen LogP contribution in [-0.2, 0) is 4.74 Å². The van der Waals surface area contributed by atoms with Gasteiger partial charge in [-0.3, -0.25) is 0 Å². The zero-order valence-electron chi connectivity index (χ0n) is 14.0. The van der Waals surface area contributed by atoms with E-state index in [-0.39, 0.29) is 6.04 Å². The van der Waals surface area contributed by atoms with Crippen molar-refractivity contribution < 1.29 is 4.74 Å². The van der Waals surface area contributed by atoms with Crippen LogP contribution in [0.15, 0.2) is 24.4 Å². The third kappa shape index (κ3) is 2.87. The van der Waals surface area contributed by atoms with E-state index in [1.807, 2.05) is 16.7 Å². The predicted molar refractivity (Wildman–Crippen MR) is 96.6 cm³/mol. The fourth-order valence-electron chi connectivity index (χ4n) is 2.99. The van der Waals surface area contributed by atoms with Crippen LogP contribution < -0.4 is 10.2 Å². The molecular formula is C16H18ClN7O. The van der Waals surface area contributed by atoms with E-state index in [9.17, 15) is 0 Å². The highest BCUT2D eigenvalue weighted by Crippen LogP contribution is 2.26. The lowest BCUT2D eigenvalue weighted by Gasteiger charge is -2.34. The van der Waals surface area contributed by atoms with Gasteiger partial charge in [0.05, 0.1) is 24.8 Å². The quantitative estimate of drug-likeness (QED) is 0.717. The Hall–Kier alpha value is -2.45. The number of morpholine rings is 1. The van der Waals surface area contributed by atoms with Gasteiger partial charge in [0.2, 0.25) is 11.9 Å². The van der Waals surface area contributed by atoms with Crippen LogP contribution in [0.2, 0.25) is 5.15 Å². The van der Waals surface area contributed by atoms with Crippen LogP contribution in [0, 0.1) is 0 Å². The zero-order chi connectivity index (χ0) is 17.4. The number of aromatic nitrogens is 5. The lowest BCUT2D eigenvalue weighted by Crippen LogP contribution is -2.44. The molecule has 3 aromatic heterocycles. The van der Waals surface area contributed by atoms with Crippen molar-refractivity contribution in [3.8, 4) is 5.95 Å². The third-order valence-corrected chi connectivity index (χ3v) is 4.38. The SMILES string of the molecule is CNc1nc2ncccc2n1-c1nc(Cl)cc(N2CCOC[C@H]2C)n1. The number of hydrogen-bond acceptors (Lipinski definition) is 7. The van der Waals surface area contributed by atoms with E-state index in [0.29, 0.717) is 35.9 Å². The maximum atomic E-state index is 6.30. The van der Waals surface area contributed by atoms with Crippen LogP contribution in [0.1, 0.15) is 6.92 Å². The molecular weight excluding hydrogens is 342 g/mol. The molecule has 8 nitrogen and oxygen atoms in total. The lowest BCUT2D eigenvalue weighted by molar-refractivity contribution is 0.0985. The van der Waals surface area contributed by atoms with Crippen LogP contribution in [0.4, 0.5) is 11.8 Å². The average Bonchev–Trinajstić information content (AvgIpc) is 3.00. The first kappa shape index (κ1) is 16.0. The van der Waals surface area contributed by atoms with Crippen molar-refractivity contribution >= 4 is 34.5 Å². The van der Waals surface area contributed by atoms with E-state index in [2.05, 4.69) is 32.1 Å². The number of rotatable bonds is 3. The largest absolute Gasteiger partial charge is 0.377 e. The molecule has 0 aromatic carbocycles. The van der Waals surface area contributed by atoms with Crippen molar-refractivity contribution in [2.24, 2.45) is 0 Å². The first-order valence-electron chi connectivity index (χ1n) is 8.08. The van der Waals surface area contributed by atoms with E-state index >= 15 is 0 Å².